The number of hydrogen-bond donors (Lipinski definition) is 3. The van der Waals surface area contributed by atoms with Crippen LogP contribution in [0, 0.1) is 29.1 Å². The van der Waals surface area contributed by atoms with Crippen molar-refractivity contribution in [3.63, 3.8) is 0 Å². The van der Waals surface area contributed by atoms with Crippen LogP contribution in [0.15, 0.2) is 34.9 Å². The Morgan fingerprint density at radius 1 is 1.19 bits per heavy atom. The van der Waals surface area contributed by atoms with Gasteiger partial charge in [-0.05, 0) is 75.0 Å². The molecule has 0 bridgehead atoms. The number of hydrogen-bond acceptors (Lipinski definition) is 3. The summed E-state index contributed by atoms with van der Waals surface area (Å²) in [4.78, 5) is 0. The van der Waals surface area contributed by atoms with Crippen molar-refractivity contribution in [1.82, 2.24) is 0 Å². The smallest absolute Gasteiger partial charge is 0.125 e. The van der Waals surface area contributed by atoms with Crippen LogP contribution in [0.25, 0.3) is 0 Å². The molecule has 0 aromatic rings. The quantitative estimate of drug-likeness (QED) is 0.404. The Balaban J connectivity index is 1.71. The van der Waals surface area contributed by atoms with E-state index >= 15 is 0 Å². The van der Waals surface area contributed by atoms with Gasteiger partial charge in [0.25, 0.3) is 0 Å². The number of aliphatic hydroxyl groups excluding tert-OH is 2. The van der Waals surface area contributed by atoms with Gasteiger partial charge in [0, 0.05) is 6.42 Å². The van der Waals surface area contributed by atoms with Crippen LogP contribution in [-0.2, 0) is 0 Å². The van der Waals surface area contributed by atoms with Gasteiger partial charge in [0.15, 0.2) is 0 Å². The molecule has 3 N–H and O–H groups in total. The van der Waals surface area contributed by atoms with Gasteiger partial charge in [0.1, 0.15) is 5.60 Å². The fourth-order valence-corrected chi connectivity index (χ4v) is 6.05. The largest absolute Gasteiger partial charge is 0.393 e. The third kappa shape index (κ3) is 5.54. The summed E-state index contributed by atoms with van der Waals surface area (Å²) in [7, 11) is 0. The van der Waals surface area contributed by atoms with E-state index in [9.17, 15) is 15.3 Å². The van der Waals surface area contributed by atoms with Crippen molar-refractivity contribution in [3.8, 4) is 11.8 Å². The van der Waals surface area contributed by atoms with E-state index < -0.39 is 17.8 Å². The van der Waals surface area contributed by atoms with Crippen LogP contribution in [0.2, 0.25) is 0 Å². The van der Waals surface area contributed by atoms with Crippen LogP contribution in [-0.4, -0.2) is 33.1 Å². The molecule has 3 heteroatoms. The average Bonchev–Trinajstić information content (AvgIpc) is 3.09. The number of aliphatic hydroxyl groups is 3. The lowest BCUT2D eigenvalue weighted by Gasteiger charge is -2.42. The molecule has 2 fully saturated rings. The number of rotatable bonds is 5. The summed E-state index contributed by atoms with van der Waals surface area (Å²) in [6, 6.07) is 0. The highest BCUT2D eigenvalue weighted by Crippen LogP contribution is 2.56. The first-order valence-corrected chi connectivity index (χ1v) is 12.4. The van der Waals surface area contributed by atoms with Crippen LogP contribution in [0.4, 0.5) is 0 Å². The topological polar surface area (TPSA) is 60.7 Å². The van der Waals surface area contributed by atoms with Gasteiger partial charge in [-0.1, -0.05) is 74.5 Å². The molecule has 3 aliphatic carbocycles. The Morgan fingerprint density at radius 3 is 2.52 bits per heavy atom. The zero-order valence-electron chi connectivity index (χ0n) is 20.0. The SMILES string of the molecule is CCC(O)(C#CC[C@@H](C)C1=CC[C@H]2/C(=C/C=C3C[C@@H](O)C[C@H](O)C3)CCC[C@]12C)CC. The molecule has 0 spiro atoms. The molecular weight excluding hydrogens is 384 g/mol. The lowest BCUT2D eigenvalue weighted by molar-refractivity contribution is 0.0609. The maximum Gasteiger partial charge on any atom is 0.125 e. The van der Waals surface area contributed by atoms with Crippen molar-refractivity contribution < 1.29 is 15.3 Å². The van der Waals surface area contributed by atoms with Crippen LogP contribution >= 0.6 is 0 Å². The molecule has 172 valence electrons. The molecule has 0 saturated heterocycles. The normalized spacial score (nSPS) is 33.4. The van der Waals surface area contributed by atoms with Gasteiger partial charge in [-0.25, -0.2) is 0 Å². The molecule has 0 aromatic carbocycles. The summed E-state index contributed by atoms with van der Waals surface area (Å²) >= 11 is 0. The summed E-state index contributed by atoms with van der Waals surface area (Å²) in [5.74, 6) is 7.37. The van der Waals surface area contributed by atoms with Crippen molar-refractivity contribution in [3.05, 3.63) is 34.9 Å². The Labute approximate surface area is 189 Å². The van der Waals surface area contributed by atoms with Gasteiger partial charge in [-0.2, -0.15) is 0 Å². The molecule has 0 amide bonds. The fourth-order valence-electron chi connectivity index (χ4n) is 6.05. The van der Waals surface area contributed by atoms with Gasteiger partial charge in [0.2, 0.25) is 0 Å². The summed E-state index contributed by atoms with van der Waals surface area (Å²) in [5.41, 5.74) is 3.59. The molecule has 31 heavy (non-hydrogen) atoms. The molecular formula is C28H42O3. The number of fused-ring (bicyclic) bond motifs is 1. The van der Waals surface area contributed by atoms with Crippen molar-refractivity contribution in [1.29, 1.82) is 0 Å². The highest BCUT2D eigenvalue weighted by molar-refractivity contribution is 5.35. The average molecular weight is 427 g/mol. The van der Waals surface area contributed by atoms with E-state index in [1.54, 1.807) is 5.57 Å². The summed E-state index contributed by atoms with van der Waals surface area (Å²) in [5, 5.41) is 30.4. The molecule has 0 heterocycles. The minimum Gasteiger partial charge on any atom is -0.393 e. The highest BCUT2D eigenvalue weighted by atomic mass is 16.3. The second kappa shape index (κ2) is 10.1. The first kappa shape index (κ1) is 24.3. The van der Waals surface area contributed by atoms with E-state index in [0.717, 1.165) is 19.3 Å². The predicted octanol–water partition coefficient (Wildman–Crippen LogP) is 5.46. The van der Waals surface area contributed by atoms with Crippen LogP contribution in [0.3, 0.4) is 0 Å². The molecule has 3 aliphatic rings. The molecule has 5 atom stereocenters. The van der Waals surface area contributed by atoms with Gasteiger partial charge in [0.05, 0.1) is 12.2 Å². The van der Waals surface area contributed by atoms with Gasteiger partial charge in [-0.15, -0.1) is 0 Å². The second-order valence-electron chi connectivity index (χ2n) is 10.4. The zero-order valence-corrected chi connectivity index (χ0v) is 20.0. The van der Waals surface area contributed by atoms with Gasteiger partial charge in [-0.3, -0.25) is 0 Å². The van der Waals surface area contributed by atoms with Crippen LogP contribution in [0.5, 0.6) is 0 Å². The Hall–Kier alpha value is -1.34. The maximum absolute atomic E-state index is 10.4. The van der Waals surface area contributed by atoms with E-state index in [4.69, 9.17) is 0 Å². The molecule has 3 nitrogen and oxygen atoms in total. The first-order chi connectivity index (χ1) is 14.7. The van der Waals surface area contributed by atoms with E-state index in [-0.39, 0.29) is 5.41 Å². The zero-order chi connectivity index (χ0) is 22.6. The molecule has 0 aliphatic heterocycles. The minimum atomic E-state index is -0.843. The standard InChI is InChI=1S/C28H42O3/c1-5-28(31,6-2)16-7-9-20(3)25-13-14-26-22(10-8-15-27(25,26)4)12-11-21-17-23(29)19-24(30)18-21/h11-13,20,23-24,26,29-31H,5-6,8-10,14-15,17-19H2,1-4H3/b22-12+/t20-,23-,24-,26+,27-/m1/s1. The third-order valence-corrected chi connectivity index (χ3v) is 8.11. The third-order valence-electron chi connectivity index (χ3n) is 8.11. The maximum atomic E-state index is 10.4. The summed E-state index contributed by atoms with van der Waals surface area (Å²) in [6.45, 7) is 8.71. The van der Waals surface area contributed by atoms with E-state index in [0.29, 0.717) is 43.9 Å². The van der Waals surface area contributed by atoms with Gasteiger partial charge < -0.3 is 15.3 Å². The predicted molar refractivity (Wildman–Crippen MR) is 127 cm³/mol. The van der Waals surface area contributed by atoms with E-state index in [2.05, 4.69) is 43.9 Å². The fraction of sp³-hybridized carbons (Fsp3) is 0.714. The molecule has 3 rings (SSSR count). The highest BCUT2D eigenvalue weighted by Gasteiger charge is 2.45. The summed E-state index contributed by atoms with van der Waals surface area (Å²) in [6.07, 6.45) is 14.8. The number of allylic oxidation sites excluding steroid dienone is 5. The Bertz CT molecular complexity index is 777. The van der Waals surface area contributed by atoms with Crippen LogP contribution in [0.1, 0.15) is 91.9 Å². The molecule has 2 saturated carbocycles. The van der Waals surface area contributed by atoms with E-state index in [1.165, 1.54) is 24.0 Å². The van der Waals surface area contributed by atoms with Crippen molar-refractivity contribution in [2.45, 2.75) is 110 Å². The first-order valence-electron chi connectivity index (χ1n) is 12.4. The molecule has 0 aromatic heterocycles. The summed E-state index contributed by atoms with van der Waals surface area (Å²) < 4.78 is 0. The van der Waals surface area contributed by atoms with Gasteiger partial charge >= 0.3 is 0 Å². The van der Waals surface area contributed by atoms with E-state index in [1.807, 2.05) is 13.8 Å². The molecule has 0 radical (unpaired) electrons. The van der Waals surface area contributed by atoms with Crippen molar-refractivity contribution >= 4 is 0 Å². The molecule has 0 unspecified atom stereocenters. The minimum absolute atomic E-state index is 0.196. The monoisotopic (exact) mass is 426 g/mol. The lowest BCUT2D eigenvalue weighted by Crippen LogP contribution is -2.32. The lowest BCUT2D eigenvalue weighted by atomic mass is 9.62. The van der Waals surface area contributed by atoms with Crippen molar-refractivity contribution in [2.24, 2.45) is 17.3 Å². The Kier molecular flexibility index (Phi) is 7.90. The Morgan fingerprint density at radius 2 is 1.87 bits per heavy atom. The van der Waals surface area contributed by atoms with Crippen molar-refractivity contribution in [2.75, 3.05) is 0 Å². The van der Waals surface area contributed by atoms with Crippen LogP contribution < -0.4 is 0 Å². The second-order valence-corrected chi connectivity index (χ2v) is 10.4.